The second kappa shape index (κ2) is 16.2. The summed E-state index contributed by atoms with van der Waals surface area (Å²) < 4.78 is 93.4. The van der Waals surface area contributed by atoms with Crippen LogP contribution in [0.1, 0.15) is 110 Å². The van der Waals surface area contributed by atoms with Crippen LogP contribution in [0.2, 0.25) is 0 Å². The molecular weight excluding hydrogens is 413 g/mol. The average Bonchev–Trinajstić information content (AvgIpc) is 2.65. The van der Waals surface area contributed by atoms with E-state index in [4.69, 9.17) is 4.74 Å². The molecule has 30 heavy (non-hydrogen) atoms. The SMILES string of the molecule is CCCOCCCCCCCCCCCCCCCCC(F)(C(F)(F)F)C(F)(F)F. The smallest absolute Gasteiger partial charge is 0.381 e. The third-order valence-corrected chi connectivity index (χ3v) is 5.31. The van der Waals surface area contributed by atoms with Crippen molar-refractivity contribution >= 4 is 0 Å². The van der Waals surface area contributed by atoms with Gasteiger partial charge in [-0.1, -0.05) is 84.0 Å². The minimum Gasteiger partial charge on any atom is -0.381 e. The molecule has 0 fully saturated rings. The van der Waals surface area contributed by atoms with Gasteiger partial charge >= 0.3 is 12.4 Å². The van der Waals surface area contributed by atoms with E-state index in [1.165, 1.54) is 32.1 Å². The molecule has 0 aliphatic carbocycles. The van der Waals surface area contributed by atoms with Crippen LogP contribution in [0.25, 0.3) is 0 Å². The maximum Gasteiger partial charge on any atom is 0.431 e. The Morgan fingerprint density at radius 1 is 0.467 bits per heavy atom. The van der Waals surface area contributed by atoms with Gasteiger partial charge in [0.25, 0.3) is 5.67 Å². The van der Waals surface area contributed by atoms with Crippen LogP contribution in [-0.2, 0) is 4.74 Å². The fraction of sp³-hybridized carbons (Fsp3) is 1.00. The van der Waals surface area contributed by atoms with E-state index in [1.54, 1.807) is 0 Å². The molecule has 0 aliphatic rings. The number of hydrogen-bond acceptors (Lipinski definition) is 1. The fourth-order valence-corrected chi connectivity index (χ4v) is 3.38. The number of ether oxygens (including phenoxy) is 1. The molecule has 0 N–H and O–H groups in total. The summed E-state index contributed by atoms with van der Waals surface area (Å²) in [7, 11) is 0. The molecule has 0 amide bonds. The Morgan fingerprint density at radius 3 is 1.13 bits per heavy atom. The summed E-state index contributed by atoms with van der Waals surface area (Å²) in [6.07, 6.45) is 0.130. The number of alkyl halides is 7. The van der Waals surface area contributed by atoms with Crippen molar-refractivity contribution in [1.29, 1.82) is 0 Å². The lowest BCUT2D eigenvalue weighted by Gasteiger charge is -2.29. The number of rotatable bonds is 19. The minimum absolute atomic E-state index is 0.182. The van der Waals surface area contributed by atoms with Gasteiger partial charge in [-0.3, -0.25) is 0 Å². The quantitative estimate of drug-likeness (QED) is 0.140. The van der Waals surface area contributed by atoms with Crippen LogP contribution in [-0.4, -0.2) is 31.2 Å². The third-order valence-electron chi connectivity index (χ3n) is 5.31. The van der Waals surface area contributed by atoms with Gasteiger partial charge in [-0.25, -0.2) is 4.39 Å². The van der Waals surface area contributed by atoms with Crippen LogP contribution in [0.15, 0.2) is 0 Å². The summed E-state index contributed by atoms with van der Waals surface area (Å²) in [6, 6.07) is 0. The van der Waals surface area contributed by atoms with E-state index in [0.29, 0.717) is 6.42 Å². The van der Waals surface area contributed by atoms with Crippen LogP contribution < -0.4 is 0 Å². The van der Waals surface area contributed by atoms with Crippen molar-refractivity contribution in [3.05, 3.63) is 0 Å². The van der Waals surface area contributed by atoms with Crippen molar-refractivity contribution in [1.82, 2.24) is 0 Å². The summed E-state index contributed by atoms with van der Waals surface area (Å²) in [6.45, 7) is 3.79. The zero-order valence-corrected chi connectivity index (χ0v) is 18.3. The van der Waals surface area contributed by atoms with E-state index < -0.39 is 30.9 Å². The fourth-order valence-electron chi connectivity index (χ4n) is 3.38. The first-order valence-electron chi connectivity index (χ1n) is 11.5. The highest BCUT2D eigenvalue weighted by molar-refractivity contribution is 4.94. The largest absolute Gasteiger partial charge is 0.431 e. The zero-order valence-electron chi connectivity index (χ0n) is 18.3. The molecule has 0 aromatic heterocycles. The molecule has 0 rings (SSSR count). The molecule has 0 bridgehead atoms. The van der Waals surface area contributed by atoms with Gasteiger partial charge in [0, 0.05) is 13.2 Å². The molecule has 8 heteroatoms. The Labute approximate surface area is 177 Å². The molecular formula is C22H39F7O. The van der Waals surface area contributed by atoms with Gasteiger partial charge in [-0.15, -0.1) is 0 Å². The predicted octanol–water partition coefficient (Wildman–Crippen LogP) is 9.10. The first-order valence-corrected chi connectivity index (χ1v) is 11.5. The van der Waals surface area contributed by atoms with E-state index in [2.05, 4.69) is 6.92 Å². The predicted molar refractivity (Wildman–Crippen MR) is 106 cm³/mol. The standard InChI is InChI=1S/C22H39F7O/c1-2-18-30-19-16-14-12-10-8-6-4-3-5-7-9-11-13-15-17-20(23,21(24,25)26)22(27,28)29/h2-19H2,1H3. The van der Waals surface area contributed by atoms with Gasteiger partial charge < -0.3 is 4.74 Å². The number of unbranched alkanes of at least 4 members (excludes halogenated alkanes) is 13. The number of halogens is 7. The average molecular weight is 453 g/mol. The maximum absolute atomic E-state index is 13.5. The van der Waals surface area contributed by atoms with Crippen LogP contribution in [0, 0.1) is 0 Å². The lowest BCUT2D eigenvalue weighted by Crippen LogP contribution is -2.53. The van der Waals surface area contributed by atoms with E-state index in [1.807, 2.05) is 0 Å². The molecule has 1 nitrogen and oxygen atoms in total. The minimum atomic E-state index is -5.92. The second-order valence-electron chi connectivity index (χ2n) is 8.11. The molecule has 182 valence electrons. The van der Waals surface area contributed by atoms with Crippen molar-refractivity contribution in [3.8, 4) is 0 Å². The molecule has 0 spiro atoms. The second-order valence-corrected chi connectivity index (χ2v) is 8.11. The Hall–Kier alpha value is -0.530. The molecule has 0 saturated carbocycles. The van der Waals surface area contributed by atoms with Crippen molar-refractivity contribution in [2.45, 2.75) is 128 Å². The molecule has 0 saturated heterocycles. The maximum atomic E-state index is 13.5. The molecule has 0 unspecified atom stereocenters. The van der Waals surface area contributed by atoms with Gasteiger partial charge in [-0.2, -0.15) is 26.3 Å². The van der Waals surface area contributed by atoms with Gasteiger partial charge in [0.15, 0.2) is 0 Å². The Kier molecular flexibility index (Phi) is 15.9. The van der Waals surface area contributed by atoms with Crippen LogP contribution in [0.5, 0.6) is 0 Å². The summed E-state index contributed by atoms with van der Waals surface area (Å²) in [5, 5.41) is 0. The summed E-state index contributed by atoms with van der Waals surface area (Å²) >= 11 is 0. The van der Waals surface area contributed by atoms with E-state index in [9.17, 15) is 30.7 Å². The Morgan fingerprint density at radius 2 is 0.800 bits per heavy atom. The Bertz CT molecular complexity index is 380. The normalized spacial score (nSPS) is 13.2. The molecule has 0 atom stereocenters. The van der Waals surface area contributed by atoms with Crippen molar-refractivity contribution in [2.24, 2.45) is 0 Å². The molecule has 0 aliphatic heterocycles. The summed E-state index contributed by atoms with van der Waals surface area (Å²) in [4.78, 5) is 0. The van der Waals surface area contributed by atoms with Crippen molar-refractivity contribution in [3.63, 3.8) is 0 Å². The topological polar surface area (TPSA) is 9.23 Å². The van der Waals surface area contributed by atoms with Gasteiger partial charge in [-0.05, 0) is 25.7 Å². The Balaban J connectivity index is 3.49. The lowest BCUT2D eigenvalue weighted by molar-refractivity contribution is -0.343. The molecule has 0 aromatic rings. The molecule has 0 aromatic carbocycles. The van der Waals surface area contributed by atoms with Gasteiger partial charge in [0.2, 0.25) is 0 Å². The van der Waals surface area contributed by atoms with Gasteiger partial charge in [0.05, 0.1) is 0 Å². The highest BCUT2D eigenvalue weighted by Gasteiger charge is 2.71. The summed E-state index contributed by atoms with van der Waals surface area (Å²) in [5.74, 6) is 0. The summed E-state index contributed by atoms with van der Waals surface area (Å²) in [5.41, 5.74) is -5.09. The zero-order chi connectivity index (χ0) is 22.9. The highest BCUT2D eigenvalue weighted by Crippen LogP contribution is 2.49. The first-order chi connectivity index (χ1) is 14.1. The van der Waals surface area contributed by atoms with E-state index in [0.717, 1.165) is 58.2 Å². The third kappa shape index (κ3) is 13.0. The van der Waals surface area contributed by atoms with Crippen molar-refractivity contribution in [2.75, 3.05) is 13.2 Å². The van der Waals surface area contributed by atoms with Gasteiger partial charge in [0.1, 0.15) is 0 Å². The highest BCUT2D eigenvalue weighted by atomic mass is 19.4. The van der Waals surface area contributed by atoms with Crippen LogP contribution >= 0.6 is 0 Å². The monoisotopic (exact) mass is 452 g/mol. The molecule has 0 radical (unpaired) electrons. The van der Waals surface area contributed by atoms with Crippen molar-refractivity contribution < 1.29 is 35.5 Å². The van der Waals surface area contributed by atoms with Crippen LogP contribution in [0.4, 0.5) is 30.7 Å². The van der Waals surface area contributed by atoms with E-state index >= 15 is 0 Å². The number of hydrogen-bond donors (Lipinski definition) is 0. The first kappa shape index (κ1) is 29.5. The van der Waals surface area contributed by atoms with Crippen LogP contribution in [0.3, 0.4) is 0 Å². The lowest BCUT2D eigenvalue weighted by atomic mass is 9.95. The van der Waals surface area contributed by atoms with E-state index in [-0.39, 0.29) is 6.42 Å². The molecule has 0 heterocycles.